The van der Waals surface area contributed by atoms with Crippen molar-refractivity contribution in [3.8, 4) is 5.75 Å². The highest BCUT2D eigenvalue weighted by molar-refractivity contribution is 6.04. The standard InChI is InChI=1S/C16H20N4O2/c1-3-22-14-8-10(2)4-5-13(14)18-16(21)15-11-9-17-7-6-12(11)19-20-15/h4-5,8,17H,3,6-7,9H2,1-2H3,(H,18,21)(H,19,20). The number of nitrogens with one attached hydrogen (secondary N) is 3. The Morgan fingerprint density at radius 2 is 2.32 bits per heavy atom. The van der Waals surface area contributed by atoms with E-state index in [0.29, 0.717) is 30.3 Å². The van der Waals surface area contributed by atoms with E-state index in [1.165, 1.54) is 0 Å². The molecule has 22 heavy (non-hydrogen) atoms. The Morgan fingerprint density at radius 1 is 1.45 bits per heavy atom. The van der Waals surface area contributed by atoms with Crippen molar-refractivity contribution in [2.24, 2.45) is 0 Å². The summed E-state index contributed by atoms with van der Waals surface area (Å²) in [5, 5.41) is 13.3. The first-order chi connectivity index (χ1) is 10.7. The quantitative estimate of drug-likeness (QED) is 0.807. The number of carbonyl (C=O) groups is 1. The number of rotatable bonds is 4. The fourth-order valence-electron chi connectivity index (χ4n) is 2.60. The minimum absolute atomic E-state index is 0.217. The molecule has 0 aliphatic carbocycles. The Hall–Kier alpha value is -2.34. The number of anilines is 1. The zero-order chi connectivity index (χ0) is 15.5. The van der Waals surface area contributed by atoms with Gasteiger partial charge in [-0.05, 0) is 31.5 Å². The van der Waals surface area contributed by atoms with E-state index in [0.717, 1.165) is 29.8 Å². The number of fused-ring (bicyclic) bond motifs is 1. The number of H-pyrrole nitrogens is 1. The molecule has 6 nitrogen and oxygen atoms in total. The zero-order valence-electron chi connectivity index (χ0n) is 12.8. The van der Waals surface area contributed by atoms with Crippen molar-refractivity contribution in [2.45, 2.75) is 26.8 Å². The van der Waals surface area contributed by atoms with Crippen molar-refractivity contribution in [1.29, 1.82) is 0 Å². The van der Waals surface area contributed by atoms with Gasteiger partial charge in [0.2, 0.25) is 0 Å². The van der Waals surface area contributed by atoms with Gasteiger partial charge in [-0.1, -0.05) is 6.07 Å². The molecule has 1 aromatic heterocycles. The Morgan fingerprint density at radius 3 is 3.14 bits per heavy atom. The summed E-state index contributed by atoms with van der Waals surface area (Å²) in [5.74, 6) is 0.462. The molecule has 1 aromatic carbocycles. The number of aryl methyl sites for hydroxylation is 1. The van der Waals surface area contributed by atoms with Crippen LogP contribution in [0.4, 0.5) is 5.69 Å². The van der Waals surface area contributed by atoms with E-state index in [1.54, 1.807) is 0 Å². The topological polar surface area (TPSA) is 79.0 Å². The number of aromatic nitrogens is 2. The monoisotopic (exact) mass is 300 g/mol. The van der Waals surface area contributed by atoms with Crippen molar-refractivity contribution in [2.75, 3.05) is 18.5 Å². The number of nitrogens with zero attached hydrogens (tertiary/aromatic N) is 1. The highest BCUT2D eigenvalue weighted by Crippen LogP contribution is 2.27. The van der Waals surface area contributed by atoms with Crippen molar-refractivity contribution in [3.05, 3.63) is 40.7 Å². The molecule has 2 heterocycles. The maximum atomic E-state index is 12.5. The number of hydrogen-bond donors (Lipinski definition) is 3. The second-order valence-corrected chi connectivity index (χ2v) is 5.34. The molecule has 3 rings (SSSR count). The Balaban J connectivity index is 1.84. The fourth-order valence-corrected chi connectivity index (χ4v) is 2.60. The Kier molecular flexibility index (Phi) is 4.11. The van der Waals surface area contributed by atoms with Gasteiger partial charge in [0.25, 0.3) is 5.91 Å². The largest absolute Gasteiger partial charge is 0.492 e. The van der Waals surface area contributed by atoms with Crippen LogP contribution in [0.2, 0.25) is 0 Å². The average molecular weight is 300 g/mol. The van der Waals surface area contributed by atoms with Crippen molar-refractivity contribution in [1.82, 2.24) is 15.5 Å². The summed E-state index contributed by atoms with van der Waals surface area (Å²) in [6, 6.07) is 5.72. The van der Waals surface area contributed by atoms with E-state index in [9.17, 15) is 4.79 Å². The average Bonchev–Trinajstić information content (AvgIpc) is 2.94. The molecule has 116 valence electrons. The van der Waals surface area contributed by atoms with Gasteiger partial charge in [0.1, 0.15) is 5.75 Å². The molecular weight excluding hydrogens is 280 g/mol. The lowest BCUT2D eigenvalue weighted by Gasteiger charge is -2.14. The van der Waals surface area contributed by atoms with Crippen molar-refractivity contribution in [3.63, 3.8) is 0 Å². The number of aromatic amines is 1. The van der Waals surface area contributed by atoms with Crippen LogP contribution >= 0.6 is 0 Å². The van der Waals surface area contributed by atoms with Gasteiger partial charge < -0.3 is 15.4 Å². The third-order valence-corrected chi connectivity index (χ3v) is 3.71. The normalized spacial score (nSPS) is 13.5. The summed E-state index contributed by atoms with van der Waals surface area (Å²) in [6.07, 6.45) is 0.865. The Labute approximate surface area is 129 Å². The van der Waals surface area contributed by atoms with Crippen LogP contribution in [0.25, 0.3) is 0 Å². The van der Waals surface area contributed by atoms with E-state index in [4.69, 9.17) is 4.74 Å². The van der Waals surface area contributed by atoms with Gasteiger partial charge in [-0.3, -0.25) is 9.89 Å². The molecule has 0 saturated heterocycles. The number of hydrogen-bond acceptors (Lipinski definition) is 4. The molecule has 6 heteroatoms. The van der Waals surface area contributed by atoms with Crippen LogP contribution in [0.1, 0.15) is 34.2 Å². The van der Waals surface area contributed by atoms with Crippen molar-refractivity contribution >= 4 is 11.6 Å². The van der Waals surface area contributed by atoms with Crippen LogP contribution in [0, 0.1) is 6.92 Å². The first-order valence-electron chi connectivity index (χ1n) is 7.50. The van der Waals surface area contributed by atoms with Gasteiger partial charge >= 0.3 is 0 Å². The van der Waals surface area contributed by atoms with E-state index < -0.39 is 0 Å². The van der Waals surface area contributed by atoms with Crippen molar-refractivity contribution < 1.29 is 9.53 Å². The molecule has 0 unspecified atom stereocenters. The third-order valence-electron chi connectivity index (χ3n) is 3.71. The zero-order valence-corrected chi connectivity index (χ0v) is 12.8. The van der Waals surface area contributed by atoms with E-state index in [1.807, 2.05) is 32.0 Å². The van der Waals surface area contributed by atoms with Crippen LogP contribution < -0.4 is 15.4 Å². The molecule has 3 N–H and O–H groups in total. The van der Waals surface area contributed by atoms with Crippen LogP contribution in [0.15, 0.2) is 18.2 Å². The number of carbonyl (C=O) groups excluding carboxylic acids is 1. The van der Waals surface area contributed by atoms with Gasteiger partial charge in [0.05, 0.1) is 12.3 Å². The molecule has 1 aliphatic rings. The summed E-state index contributed by atoms with van der Waals surface area (Å²) in [4.78, 5) is 12.5. The first-order valence-corrected chi connectivity index (χ1v) is 7.50. The summed E-state index contributed by atoms with van der Waals surface area (Å²) in [5.41, 5.74) is 4.19. The molecule has 0 fully saturated rings. The second kappa shape index (κ2) is 6.19. The molecule has 0 bridgehead atoms. The molecule has 1 amide bonds. The lowest BCUT2D eigenvalue weighted by Crippen LogP contribution is -2.25. The lowest BCUT2D eigenvalue weighted by atomic mass is 10.1. The highest BCUT2D eigenvalue weighted by atomic mass is 16.5. The fraction of sp³-hybridized carbons (Fsp3) is 0.375. The maximum absolute atomic E-state index is 12.5. The van der Waals surface area contributed by atoms with E-state index in [2.05, 4.69) is 20.8 Å². The summed E-state index contributed by atoms with van der Waals surface area (Å²) < 4.78 is 5.59. The molecule has 0 saturated carbocycles. The van der Waals surface area contributed by atoms with Crippen LogP contribution in [-0.2, 0) is 13.0 Å². The second-order valence-electron chi connectivity index (χ2n) is 5.34. The SMILES string of the molecule is CCOc1cc(C)ccc1NC(=O)c1n[nH]c2c1CNCC2. The van der Waals surface area contributed by atoms with Gasteiger partial charge in [0, 0.05) is 30.8 Å². The van der Waals surface area contributed by atoms with E-state index in [-0.39, 0.29) is 5.91 Å². The summed E-state index contributed by atoms with van der Waals surface area (Å²) >= 11 is 0. The third kappa shape index (κ3) is 2.82. The van der Waals surface area contributed by atoms with E-state index >= 15 is 0 Å². The van der Waals surface area contributed by atoms with Crippen LogP contribution in [0.3, 0.4) is 0 Å². The number of benzene rings is 1. The highest BCUT2D eigenvalue weighted by Gasteiger charge is 2.22. The number of ether oxygens (including phenoxy) is 1. The summed E-state index contributed by atoms with van der Waals surface area (Å²) in [6.45, 7) is 6.03. The smallest absolute Gasteiger partial charge is 0.276 e. The predicted molar refractivity (Wildman–Crippen MR) is 84.3 cm³/mol. The summed E-state index contributed by atoms with van der Waals surface area (Å²) in [7, 11) is 0. The molecule has 0 spiro atoms. The predicted octanol–water partition coefficient (Wildman–Crippen LogP) is 2.01. The molecule has 1 aliphatic heterocycles. The van der Waals surface area contributed by atoms with Gasteiger partial charge in [-0.15, -0.1) is 0 Å². The van der Waals surface area contributed by atoms with Gasteiger partial charge in [0.15, 0.2) is 5.69 Å². The van der Waals surface area contributed by atoms with Gasteiger partial charge in [-0.2, -0.15) is 5.10 Å². The first kappa shape index (κ1) is 14.6. The van der Waals surface area contributed by atoms with Crippen LogP contribution in [-0.4, -0.2) is 29.3 Å². The molecule has 0 atom stereocenters. The van der Waals surface area contributed by atoms with Gasteiger partial charge in [-0.25, -0.2) is 0 Å². The Bertz CT molecular complexity index is 693. The maximum Gasteiger partial charge on any atom is 0.276 e. The lowest BCUT2D eigenvalue weighted by molar-refractivity contribution is 0.102. The molecule has 0 radical (unpaired) electrons. The minimum atomic E-state index is -0.217. The van der Waals surface area contributed by atoms with Crippen LogP contribution in [0.5, 0.6) is 5.75 Å². The molecule has 2 aromatic rings. The molecular formula is C16H20N4O2. The minimum Gasteiger partial charge on any atom is -0.492 e. The number of amides is 1.